The number of carbonyl (C=O) groups excluding carboxylic acids is 1. The van der Waals surface area contributed by atoms with E-state index in [0.717, 1.165) is 33.5 Å². The minimum Gasteiger partial charge on any atom is -0.325 e. The Morgan fingerprint density at radius 3 is 2.13 bits per heavy atom. The minimum atomic E-state index is -3.57. The highest BCUT2D eigenvalue weighted by atomic mass is 32.2. The number of hydrogen-bond acceptors (Lipinski definition) is 3. The lowest BCUT2D eigenvalue weighted by atomic mass is 9.95. The van der Waals surface area contributed by atoms with E-state index in [1.54, 1.807) is 0 Å². The molecule has 0 bridgehead atoms. The number of nitrogens with zero attached hydrogens (tertiary/aromatic N) is 1. The number of carbonyl (C=O) groups is 1. The molecule has 0 atom stereocenters. The molecule has 1 saturated heterocycles. The monoisotopic (exact) mass is 442 g/mol. The largest absolute Gasteiger partial charge is 0.325 e. The Bertz CT molecular complexity index is 1060. The molecule has 1 heterocycles. The Balaban J connectivity index is 1.72. The summed E-state index contributed by atoms with van der Waals surface area (Å²) in [6.07, 6.45) is 1.05. The zero-order chi connectivity index (χ0) is 22.9. The van der Waals surface area contributed by atoms with Gasteiger partial charge in [-0.1, -0.05) is 49.7 Å². The Labute approximate surface area is 186 Å². The number of nitrogens with one attached hydrogen (secondary N) is 1. The average molecular weight is 443 g/mol. The van der Waals surface area contributed by atoms with Crippen molar-refractivity contribution in [1.82, 2.24) is 4.31 Å². The number of piperidine rings is 1. The first-order valence-corrected chi connectivity index (χ1v) is 12.4. The highest BCUT2D eigenvalue weighted by molar-refractivity contribution is 7.89. The fourth-order valence-electron chi connectivity index (χ4n) is 4.63. The van der Waals surface area contributed by atoms with Crippen LogP contribution in [0.2, 0.25) is 0 Å². The van der Waals surface area contributed by atoms with E-state index in [2.05, 4.69) is 25.2 Å². The average Bonchev–Trinajstić information content (AvgIpc) is 2.68. The second kappa shape index (κ2) is 9.13. The molecule has 0 aromatic heterocycles. The van der Waals surface area contributed by atoms with Gasteiger partial charge in [0, 0.05) is 24.7 Å². The number of hydrogen-bond donors (Lipinski definition) is 1. The molecule has 6 heteroatoms. The first-order valence-electron chi connectivity index (χ1n) is 11.0. The molecule has 31 heavy (non-hydrogen) atoms. The lowest BCUT2D eigenvalue weighted by Crippen LogP contribution is -2.41. The van der Waals surface area contributed by atoms with Crippen LogP contribution in [0.25, 0.3) is 0 Å². The molecule has 1 aliphatic rings. The fraction of sp³-hybridized carbons (Fsp3) is 0.480. The van der Waals surface area contributed by atoms with Gasteiger partial charge < -0.3 is 5.32 Å². The molecule has 3 rings (SSSR count). The van der Waals surface area contributed by atoms with Crippen LogP contribution in [0.5, 0.6) is 0 Å². The van der Waals surface area contributed by atoms with Gasteiger partial charge in [0.1, 0.15) is 0 Å². The van der Waals surface area contributed by atoms with E-state index in [0.29, 0.717) is 36.7 Å². The molecule has 2 aromatic rings. The standard InChI is InChI=1S/C25H34N2O3S/c1-16(2)22-9-7-8-18(4)23(22)26-25(28)21-10-12-27(13-11-21)31(29,30)24-19(5)14-17(3)15-20(24)6/h7-9,14-16,21H,10-13H2,1-6H3,(H,26,28). The van der Waals surface area contributed by atoms with Crippen molar-refractivity contribution >= 4 is 21.6 Å². The topological polar surface area (TPSA) is 66.5 Å². The molecular formula is C25H34N2O3S. The van der Waals surface area contributed by atoms with Crippen LogP contribution in [-0.2, 0) is 14.8 Å². The maximum atomic E-state index is 13.3. The molecule has 168 valence electrons. The third-order valence-electron chi connectivity index (χ3n) is 6.20. The van der Waals surface area contributed by atoms with Gasteiger partial charge >= 0.3 is 0 Å². The smallest absolute Gasteiger partial charge is 0.243 e. The van der Waals surface area contributed by atoms with Crippen molar-refractivity contribution in [3.63, 3.8) is 0 Å². The zero-order valence-electron chi connectivity index (χ0n) is 19.5. The fourth-order valence-corrected chi connectivity index (χ4v) is 6.51. The van der Waals surface area contributed by atoms with E-state index in [9.17, 15) is 13.2 Å². The molecule has 0 saturated carbocycles. The first-order chi connectivity index (χ1) is 14.5. The number of para-hydroxylation sites is 1. The normalized spacial score (nSPS) is 16.0. The summed E-state index contributed by atoms with van der Waals surface area (Å²) in [5, 5.41) is 3.13. The van der Waals surface area contributed by atoms with Gasteiger partial charge in [-0.25, -0.2) is 8.42 Å². The van der Waals surface area contributed by atoms with Crippen molar-refractivity contribution in [3.05, 3.63) is 58.1 Å². The zero-order valence-corrected chi connectivity index (χ0v) is 20.3. The molecule has 1 N–H and O–H groups in total. The Morgan fingerprint density at radius 2 is 1.58 bits per heavy atom. The Morgan fingerprint density at radius 1 is 1.00 bits per heavy atom. The summed E-state index contributed by atoms with van der Waals surface area (Å²) in [5.74, 6) is 0.102. The van der Waals surface area contributed by atoms with Gasteiger partial charge in [-0.3, -0.25) is 4.79 Å². The van der Waals surface area contributed by atoms with Crippen molar-refractivity contribution in [1.29, 1.82) is 0 Å². The van der Waals surface area contributed by atoms with Crippen LogP contribution in [0, 0.1) is 33.6 Å². The number of sulfonamides is 1. The molecule has 0 spiro atoms. The van der Waals surface area contributed by atoms with Gasteiger partial charge in [0.2, 0.25) is 15.9 Å². The predicted molar refractivity (Wildman–Crippen MR) is 126 cm³/mol. The molecule has 1 fully saturated rings. The van der Waals surface area contributed by atoms with Gasteiger partial charge in [-0.15, -0.1) is 0 Å². The van der Waals surface area contributed by atoms with E-state index in [1.165, 1.54) is 4.31 Å². The third-order valence-corrected chi connectivity index (χ3v) is 8.41. The highest BCUT2D eigenvalue weighted by Gasteiger charge is 2.34. The second-order valence-electron chi connectivity index (χ2n) is 9.09. The van der Waals surface area contributed by atoms with Crippen LogP contribution in [0.1, 0.15) is 60.4 Å². The summed E-state index contributed by atoms with van der Waals surface area (Å²) in [6.45, 7) is 12.6. The van der Waals surface area contributed by atoms with Crippen LogP contribution in [0.4, 0.5) is 5.69 Å². The lowest BCUT2D eigenvalue weighted by molar-refractivity contribution is -0.120. The maximum absolute atomic E-state index is 13.3. The van der Waals surface area contributed by atoms with E-state index >= 15 is 0 Å². The maximum Gasteiger partial charge on any atom is 0.243 e. The van der Waals surface area contributed by atoms with Crippen LogP contribution in [-0.4, -0.2) is 31.7 Å². The molecule has 0 aliphatic carbocycles. The van der Waals surface area contributed by atoms with Gasteiger partial charge in [-0.2, -0.15) is 4.31 Å². The first kappa shape index (κ1) is 23.5. The number of benzene rings is 2. The van der Waals surface area contributed by atoms with Gasteiger partial charge in [0.25, 0.3) is 0 Å². The molecule has 0 radical (unpaired) electrons. The van der Waals surface area contributed by atoms with Gasteiger partial charge in [0.05, 0.1) is 4.90 Å². The SMILES string of the molecule is Cc1cc(C)c(S(=O)(=O)N2CCC(C(=O)Nc3c(C)cccc3C(C)C)CC2)c(C)c1. The van der Waals surface area contributed by atoms with E-state index in [1.807, 2.05) is 52.0 Å². The predicted octanol–water partition coefficient (Wildman–Crippen LogP) is 5.08. The van der Waals surface area contributed by atoms with Crippen molar-refractivity contribution in [2.75, 3.05) is 18.4 Å². The molecular weight excluding hydrogens is 408 g/mol. The van der Waals surface area contributed by atoms with Crippen molar-refractivity contribution < 1.29 is 13.2 Å². The molecule has 1 aliphatic heterocycles. The summed E-state index contributed by atoms with van der Waals surface area (Å²) in [7, 11) is -3.57. The second-order valence-corrected chi connectivity index (χ2v) is 11.0. The molecule has 1 amide bonds. The summed E-state index contributed by atoms with van der Waals surface area (Å²) in [6, 6.07) is 9.89. The Kier molecular flexibility index (Phi) is 6.92. The van der Waals surface area contributed by atoms with E-state index < -0.39 is 10.0 Å². The van der Waals surface area contributed by atoms with Crippen molar-refractivity contribution in [2.45, 2.75) is 65.2 Å². The summed E-state index contributed by atoms with van der Waals surface area (Å²) >= 11 is 0. The Hall–Kier alpha value is -2.18. The van der Waals surface area contributed by atoms with Gasteiger partial charge in [-0.05, 0) is 68.7 Å². The number of aryl methyl sites for hydroxylation is 4. The number of anilines is 1. The summed E-state index contributed by atoms with van der Waals surface area (Å²) in [5.41, 5.74) is 5.67. The summed E-state index contributed by atoms with van der Waals surface area (Å²) < 4.78 is 28.1. The number of rotatable bonds is 5. The molecule has 5 nitrogen and oxygen atoms in total. The highest BCUT2D eigenvalue weighted by Crippen LogP contribution is 2.31. The van der Waals surface area contributed by atoms with Crippen molar-refractivity contribution in [2.24, 2.45) is 5.92 Å². The van der Waals surface area contributed by atoms with E-state index in [4.69, 9.17) is 0 Å². The molecule has 2 aromatic carbocycles. The van der Waals surface area contributed by atoms with Crippen molar-refractivity contribution in [3.8, 4) is 0 Å². The van der Waals surface area contributed by atoms with E-state index in [-0.39, 0.29) is 11.8 Å². The van der Waals surface area contributed by atoms with Crippen LogP contribution < -0.4 is 5.32 Å². The quantitative estimate of drug-likeness (QED) is 0.702. The van der Waals surface area contributed by atoms with Crippen LogP contribution in [0.3, 0.4) is 0 Å². The van der Waals surface area contributed by atoms with Crippen LogP contribution >= 0.6 is 0 Å². The summed E-state index contributed by atoms with van der Waals surface area (Å²) in [4.78, 5) is 13.4. The van der Waals surface area contributed by atoms with Gasteiger partial charge in [0.15, 0.2) is 0 Å². The van der Waals surface area contributed by atoms with Crippen LogP contribution in [0.15, 0.2) is 35.2 Å². The lowest BCUT2D eigenvalue weighted by Gasteiger charge is -2.31. The minimum absolute atomic E-state index is 0.0176. The number of amides is 1. The third kappa shape index (κ3) is 4.85. The molecule has 0 unspecified atom stereocenters.